The lowest BCUT2D eigenvalue weighted by molar-refractivity contribution is -0.384. The SMILES string of the molecule is O=C(Nc1cc(-c2ccco2)no1)c1cccc([N+](=O)[O-])c1. The first kappa shape index (κ1) is 13.6. The summed E-state index contributed by atoms with van der Waals surface area (Å²) >= 11 is 0. The van der Waals surface area contributed by atoms with Crippen molar-refractivity contribution in [1.82, 2.24) is 5.16 Å². The van der Waals surface area contributed by atoms with Gasteiger partial charge in [-0.15, -0.1) is 0 Å². The molecular weight excluding hydrogens is 290 g/mol. The molecule has 0 fully saturated rings. The smallest absolute Gasteiger partial charge is 0.270 e. The summed E-state index contributed by atoms with van der Waals surface area (Å²) in [5.74, 6) is 0.0772. The monoisotopic (exact) mass is 299 g/mol. The number of rotatable bonds is 4. The van der Waals surface area contributed by atoms with Crippen molar-refractivity contribution in [3.8, 4) is 11.5 Å². The summed E-state index contributed by atoms with van der Waals surface area (Å²) in [4.78, 5) is 22.2. The summed E-state index contributed by atoms with van der Waals surface area (Å²) in [6, 6.07) is 10.3. The van der Waals surface area contributed by atoms with E-state index in [1.54, 1.807) is 12.1 Å². The number of carbonyl (C=O) groups excluding carboxylic acids is 1. The normalized spacial score (nSPS) is 10.4. The third kappa shape index (κ3) is 2.70. The van der Waals surface area contributed by atoms with E-state index < -0.39 is 10.8 Å². The van der Waals surface area contributed by atoms with Crippen molar-refractivity contribution in [2.24, 2.45) is 0 Å². The van der Waals surface area contributed by atoms with Gasteiger partial charge in [0.05, 0.1) is 11.2 Å². The van der Waals surface area contributed by atoms with E-state index in [4.69, 9.17) is 8.94 Å². The Morgan fingerprint density at radius 3 is 2.82 bits per heavy atom. The Hall–Kier alpha value is -3.42. The van der Waals surface area contributed by atoms with Gasteiger partial charge in [-0.1, -0.05) is 11.2 Å². The number of furan rings is 1. The lowest BCUT2D eigenvalue weighted by atomic mass is 10.2. The van der Waals surface area contributed by atoms with Gasteiger partial charge in [-0.05, 0) is 18.2 Å². The van der Waals surface area contributed by atoms with Crippen molar-refractivity contribution < 1.29 is 18.7 Å². The molecule has 0 aliphatic carbocycles. The van der Waals surface area contributed by atoms with Crippen LogP contribution in [0.15, 0.2) is 57.7 Å². The van der Waals surface area contributed by atoms with Gasteiger partial charge >= 0.3 is 0 Å². The predicted octanol–water partition coefficient (Wildman–Crippen LogP) is 3.10. The van der Waals surface area contributed by atoms with Crippen molar-refractivity contribution in [1.29, 1.82) is 0 Å². The molecule has 1 aromatic carbocycles. The lowest BCUT2D eigenvalue weighted by Gasteiger charge is -2.00. The summed E-state index contributed by atoms with van der Waals surface area (Å²) in [6.45, 7) is 0. The summed E-state index contributed by atoms with van der Waals surface area (Å²) in [6.07, 6.45) is 1.49. The van der Waals surface area contributed by atoms with E-state index in [-0.39, 0.29) is 17.1 Å². The molecule has 8 nitrogen and oxygen atoms in total. The van der Waals surface area contributed by atoms with Crippen LogP contribution in [-0.2, 0) is 0 Å². The maximum atomic E-state index is 12.0. The first-order valence-electron chi connectivity index (χ1n) is 6.20. The number of amides is 1. The van der Waals surface area contributed by atoms with Gasteiger partial charge in [0.1, 0.15) is 0 Å². The number of aromatic nitrogens is 1. The average molecular weight is 299 g/mol. The molecule has 0 aliphatic heterocycles. The zero-order valence-corrected chi connectivity index (χ0v) is 11.1. The minimum atomic E-state index is -0.569. The molecule has 0 atom stereocenters. The van der Waals surface area contributed by atoms with Crippen molar-refractivity contribution in [2.45, 2.75) is 0 Å². The van der Waals surface area contributed by atoms with Crippen LogP contribution < -0.4 is 5.32 Å². The molecule has 8 heteroatoms. The molecule has 2 heterocycles. The van der Waals surface area contributed by atoms with Crippen LogP contribution in [0, 0.1) is 10.1 Å². The molecule has 3 aromatic rings. The molecule has 2 aromatic heterocycles. The number of anilines is 1. The van der Waals surface area contributed by atoms with Gasteiger partial charge in [0.15, 0.2) is 11.5 Å². The van der Waals surface area contributed by atoms with E-state index in [9.17, 15) is 14.9 Å². The van der Waals surface area contributed by atoms with Crippen molar-refractivity contribution in [3.05, 3.63) is 64.4 Å². The minimum absolute atomic E-state index is 0.114. The molecule has 0 saturated heterocycles. The molecule has 22 heavy (non-hydrogen) atoms. The van der Waals surface area contributed by atoms with Crippen LogP contribution in [-0.4, -0.2) is 16.0 Å². The van der Waals surface area contributed by atoms with Crippen LogP contribution in [0.4, 0.5) is 11.6 Å². The van der Waals surface area contributed by atoms with Crippen molar-refractivity contribution in [2.75, 3.05) is 5.32 Å². The number of nitrogens with zero attached hydrogens (tertiary/aromatic N) is 2. The average Bonchev–Trinajstić information content (AvgIpc) is 3.18. The van der Waals surface area contributed by atoms with Crippen LogP contribution in [0.2, 0.25) is 0 Å². The number of hydrogen-bond acceptors (Lipinski definition) is 6. The van der Waals surface area contributed by atoms with Crippen molar-refractivity contribution in [3.63, 3.8) is 0 Å². The second-order valence-corrected chi connectivity index (χ2v) is 4.32. The number of nitro groups is 1. The molecule has 1 N–H and O–H groups in total. The molecule has 110 valence electrons. The topological polar surface area (TPSA) is 111 Å². The van der Waals surface area contributed by atoms with Gasteiger partial charge < -0.3 is 8.94 Å². The Balaban J connectivity index is 1.77. The van der Waals surface area contributed by atoms with E-state index >= 15 is 0 Å². The van der Waals surface area contributed by atoms with E-state index in [1.807, 2.05) is 0 Å². The number of nitro benzene ring substituents is 1. The first-order valence-corrected chi connectivity index (χ1v) is 6.20. The first-order chi connectivity index (χ1) is 10.6. The Morgan fingerprint density at radius 2 is 2.09 bits per heavy atom. The molecule has 0 saturated carbocycles. The predicted molar refractivity (Wildman–Crippen MR) is 75.3 cm³/mol. The maximum absolute atomic E-state index is 12.0. The molecule has 0 unspecified atom stereocenters. The van der Waals surface area contributed by atoms with Gasteiger partial charge in [-0.25, -0.2) is 0 Å². The molecule has 0 spiro atoms. The fraction of sp³-hybridized carbons (Fsp3) is 0. The van der Waals surface area contributed by atoms with Gasteiger partial charge in [0.2, 0.25) is 5.88 Å². The van der Waals surface area contributed by atoms with E-state index in [0.29, 0.717) is 11.5 Å². The van der Waals surface area contributed by atoms with E-state index in [2.05, 4.69) is 10.5 Å². The van der Waals surface area contributed by atoms with Crippen LogP contribution >= 0.6 is 0 Å². The zero-order chi connectivity index (χ0) is 15.5. The second kappa shape index (κ2) is 5.52. The van der Waals surface area contributed by atoms with Crippen LogP contribution in [0.1, 0.15) is 10.4 Å². The van der Waals surface area contributed by atoms with Gasteiger partial charge in [-0.2, -0.15) is 0 Å². The van der Waals surface area contributed by atoms with Crippen molar-refractivity contribution >= 4 is 17.5 Å². The van der Waals surface area contributed by atoms with Crippen LogP contribution in [0.25, 0.3) is 11.5 Å². The van der Waals surface area contributed by atoms with Crippen LogP contribution in [0.3, 0.4) is 0 Å². The quantitative estimate of drug-likeness (QED) is 0.585. The summed E-state index contributed by atoms with van der Waals surface area (Å²) in [7, 11) is 0. The summed E-state index contributed by atoms with van der Waals surface area (Å²) < 4.78 is 10.1. The molecular formula is C14H9N3O5. The summed E-state index contributed by atoms with van der Waals surface area (Å²) in [5.41, 5.74) is 0.408. The standard InChI is InChI=1S/C14H9N3O5/c18-14(9-3-1-4-10(7-9)17(19)20)15-13-8-11(16-22-13)12-5-2-6-21-12/h1-8H,(H,15,18). The van der Waals surface area contributed by atoms with Gasteiger partial charge in [-0.3, -0.25) is 20.2 Å². The molecule has 3 rings (SSSR count). The number of hydrogen-bond donors (Lipinski definition) is 1. The summed E-state index contributed by atoms with van der Waals surface area (Å²) in [5, 5.41) is 16.9. The number of benzene rings is 1. The highest BCUT2D eigenvalue weighted by Gasteiger charge is 2.15. The highest BCUT2D eigenvalue weighted by molar-refractivity contribution is 6.04. The van der Waals surface area contributed by atoms with Gasteiger partial charge in [0, 0.05) is 23.8 Å². The highest BCUT2D eigenvalue weighted by atomic mass is 16.6. The fourth-order valence-corrected chi connectivity index (χ4v) is 1.82. The fourth-order valence-electron chi connectivity index (χ4n) is 1.82. The number of carbonyl (C=O) groups is 1. The second-order valence-electron chi connectivity index (χ2n) is 4.32. The Bertz CT molecular complexity index is 823. The maximum Gasteiger partial charge on any atom is 0.270 e. The number of non-ortho nitro benzene ring substituents is 1. The Labute approximate surface area is 123 Å². The van der Waals surface area contributed by atoms with Gasteiger partial charge in [0.25, 0.3) is 11.6 Å². The van der Waals surface area contributed by atoms with E-state index in [0.717, 1.165) is 0 Å². The highest BCUT2D eigenvalue weighted by Crippen LogP contribution is 2.22. The van der Waals surface area contributed by atoms with E-state index in [1.165, 1.54) is 36.6 Å². The Kier molecular flexibility index (Phi) is 3.40. The molecule has 0 bridgehead atoms. The molecule has 0 radical (unpaired) electrons. The lowest BCUT2D eigenvalue weighted by Crippen LogP contribution is -2.11. The third-order valence-electron chi connectivity index (χ3n) is 2.84. The number of nitrogens with one attached hydrogen (secondary N) is 1. The zero-order valence-electron chi connectivity index (χ0n) is 11.1. The minimum Gasteiger partial charge on any atom is -0.463 e. The van der Waals surface area contributed by atoms with Crippen LogP contribution in [0.5, 0.6) is 0 Å². The Morgan fingerprint density at radius 1 is 1.23 bits per heavy atom. The third-order valence-corrected chi connectivity index (χ3v) is 2.84. The molecule has 1 amide bonds. The molecule has 0 aliphatic rings. The largest absolute Gasteiger partial charge is 0.463 e.